The third-order valence-corrected chi connectivity index (χ3v) is 3.84. The molecule has 0 aromatic heterocycles. The van der Waals surface area contributed by atoms with Gasteiger partial charge in [0.15, 0.2) is 0 Å². The van der Waals surface area contributed by atoms with Gasteiger partial charge in [-0.15, -0.1) is 0 Å². The van der Waals surface area contributed by atoms with Crippen molar-refractivity contribution in [2.75, 3.05) is 12.8 Å². The van der Waals surface area contributed by atoms with Crippen LogP contribution in [0.1, 0.15) is 22.8 Å². The van der Waals surface area contributed by atoms with Crippen LogP contribution in [-0.2, 0) is 17.3 Å². The van der Waals surface area contributed by atoms with Gasteiger partial charge in [-0.1, -0.05) is 12.1 Å². The molecule has 0 aliphatic rings. The minimum absolute atomic E-state index is 0.0448. The maximum Gasteiger partial charge on any atom is 0.251 e. The fraction of sp³-hybridized carbons (Fsp3) is 0.417. The first-order chi connectivity index (χ1) is 8.04. The van der Waals surface area contributed by atoms with Gasteiger partial charge in [-0.2, -0.15) is 0 Å². The quantitative estimate of drug-likeness (QED) is 0.810. The molecule has 0 aliphatic carbocycles. The van der Waals surface area contributed by atoms with E-state index in [1.165, 1.54) is 0 Å². The monoisotopic (exact) mass is 254 g/mol. The van der Waals surface area contributed by atoms with E-state index in [0.717, 1.165) is 5.56 Å². The molecule has 0 radical (unpaired) electrons. The van der Waals surface area contributed by atoms with Crippen LogP contribution in [0.15, 0.2) is 24.3 Å². The average molecular weight is 254 g/mol. The zero-order valence-electron chi connectivity index (χ0n) is 10.1. The predicted octanol–water partition coefficient (Wildman–Crippen LogP) is 0.642. The number of amides is 1. The lowest BCUT2D eigenvalue weighted by atomic mass is 10.1. The molecule has 1 amide bonds. The molecule has 17 heavy (non-hydrogen) atoms. The average Bonchev–Trinajstić information content (AvgIpc) is 2.35. The number of rotatable bonds is 5. The van der Waals surface area contributed by atoms with Gasteiger partial charge in [0.2, 0.25) is 0 Å². The van der Waals surface area contributed by atoms with Crippen LogP contribution in [0, 0.1) is 0 Å². The normalized spacial score (nSPS) is 14.1. The Morgan fingerprint density at radius 1 is 1.53 bits per heavy atom. The van der Waals surface area contributed by atoms with Crippen LogP contribution in [0.5, 0.6) is 0 Å². The topological polar surface area (TPSA) is 72.2 Å². The minimum Gasteiger partial charge on any atom is -0.351 e. The molecular weight excluding hydrogens is 236 g/mol. The maximum absolute atomic E-state index is 11.8. The van der Waals surface area contributed by atoms with Gasteiger partial charge in [-0.3, -0.25) is 9.00 Å². The van der Waals surface area contributed by atoms with Crippen molar-refractivity contribution in [2.45, 2.75) is 18.7 Å². The maximum atomic E-state index is 11.8. The zero-order chi connectivity index (χ0) is 12.8. The molecule has 2 unspecified atom stereocenters. The summed E-state index contributed by atoms with van der Waals surface area (Å²) < 4.78 is 11.1. The summed E-state index contributed by atoms with van der Waals surface area (Å²) in [6, 6.07) is 7.18. The van der Waals surface area contributed by atoms with E-state index in [4.69, 9.17) is 5.73 Å². The molecule has 3 N–H and O–H groups in total. The zero-order valence-corrected chi connectivity index (χ0v) is 10.9. The molecule has 0 aliphatic heterocycles. The lowest BCUT2D eigenvalue weighted by molar-refractivity contribution is 0.0954. The van der Waals surface area contributed by atoms with Crippen LogP contribution >= 0.6 is 0 Å². The summed E-state index contributed by atoms with van der Waals surface area (Å²) in [4.78, 5) is 11.8. The van der Waals surface area contributed by atoms with E-state index >= 15 is 0 Å². The smallest absolute Gasteiger partial charge is 0.251 e. The molecule has 1 rings (SSSR count). The summed E-state index contributed by atoms with van der Waals surface area (Å²) in [5.74, 6) is -0.155. The molecule has 0 fully saturated rings. The van der Waals surface area contributed by atoms with Crippen LogP contribution in [0.4, 0.5) is 0 Å². The van der Waals surface area contributed by atoms with E-state index in [1.54, 1.807) is 24.5 Å². The highest BCUT2D eigenvalue weighted by atomic mass is 32.2. The third kappa shape index (κ3) is 4.28. The molecule has 1 aromatic carbocycles. The molecule has 1 aromatic rings. The molecule has 0 spiro atoms. The number of carbonyl (C=O) groups is 1. The van der Waals surface area contributed by atoms with E-state index in [0.29, 0.717) is 18.7 Å². The SMILES string of the molecule is CC(CNC(=O)c1cccc(CN)c1)S(C)=O. The van der Waals surface area contributed by atoms with Crippen molar-refractivity contribution in [3.05, 3.63) is 35.4 Å². The van der Waals surface area contributed by atoms with E-state index in [-0.39, 0.29) is 11.2 Å². The van der Waals surface area contributed by atoms with E-state index in [9.17, 15) is 9.00 Å². The lowest BCUT2D eigenvalue weighted by Gasteiger charge is -2.10. The Balaban J connectivity index is 2.60. The van der Waals surface area contributed by atoms with Crippen LogP contribution in [0.25, 0.3) is 0 Å². The van der Waals surface area contributed by atoms with Crippen molar-refractivity contribution in [1.82, 2.24) is 5.32 Å². The standard InChI is InChI=1S/C12H18N2O2S/c1-9(17(2)16)8-14-12(15)11-5-3-4-10(6-11)7-13/h3-6,9H,7-8,13H2,1-2H3,(H,14,15). The molecule has 94 valence electrons. The number of carbonyl (C=O) groups excluding carboxylic acids is 1. The van der Waals surface area contributed by atoms with Crippen LogP contribution < -0.4 is 11.1 Å². The Labute approximate surface area is 104 Å². The van der Waals surface area contributed by atoms with Crippen molar-refractivity contribution >= 4 is 16.7 Å². The Morgan fingerprint density at radius 3 is 2.82 bits per heavy atom. The largest absolute Gasteiger partial charge is 0.351 e. The second kappa shape index (κ2) is 6.51. The van der Waals surface area contributed by atoms with Gasteiger partial charge in [-0.25, -0.2) is 0 Å². The van der Waals surface area contributed by atoms with E-state index in [2.05, 4.69) is 5.32 Å². The fourth-order valence-electron chi connectivity index (χ4n) is 1.30. The van der Waals surface area contributed by atoms with E-state index < -0.39 is 10.8 Å². The number of benzene rings is 1. The third-order valence-electron chi connectivity index (χ3n) is 2.54. The number of hydrogen-bond donors (Lipinski definition) is 2. The highest BCUT2D eigenvalue weighted by Gasteiger charge is 2.10. The second-order valence-corrected chi connectivity index (χ2v) is 5.73. The summed E-state index contributed by atoms with van der Waals surface area (Å²) >= 11 is 0. The molecule has 2 atom stereocenters. The summed E-state index contributed by atoms with van der Waals surface area (Å²) in [7, 11) is -0.924. The van der Waals surface area contributed by atoms with Crippen LogP contribution in [0.2, 0.25) is 0 Å². The number of nitrogens with one attached hydrogen (secondary N) is 1. The highest BCUT2D eigenvalue weighted by molar-refractivity contribution is 7.84. The van der Waals surface area contributed by atoms with Gasteiger partial charge in [-0.05, 0) is 24.6 Å². The minimum atomic E-state index is -0.924. The first kappa shape index (κ1) is 13.9. The fourth-order valence-corrected chi connectivity index (χ4v) is 1.61. The summed E-state index contributed by atoms with van der Waals surface area (Å²) in [5, 5.41) is 2.71. The number of hydrogen-bond acceptors (Lipinski definition) is 3. The molecule has 5 heteroatoms. The summed E-state index contributed by atoms with van der Waals surface area (Å²) in [5.41, 5.74) is 7.02. The molecular formula is C12H18N2O2S. The van der Waals surface area contributed by atoms with Gasteiger partial charge in [0.1, 0.15) is 0 Å². The van der Waals surface area contributed by atoms with Gasteiger partial charge >= 0.3 is 0 Å². The molecule has 0 bridgehead atoms. The summed E-state index contributed by atoms with van der Waals surface area (Å²) in [6.45, 7) is 2.66. The highest BCUT2D eigenvalue weighted by Crippen LogP contribution is 2.04. The number of nitrogens with two attached hydrogens (primary N) is 1. The molecule has 0 saturated carbocycles. The van der Waals surface area contributed by atoms with E-state index in [1.807, 2.05) is 13.0 Å². The van der Waals surface area contributed by atoms with Crippen molar-refractivity contribution in [3.8, 4) is 0 Å². The molecule has 0 saturated heterocycles. The predicted molar refractivity (Wildman–Crippen MR) is 70.2 cm³/mol. The first-order valence-corrected chi connectivity index (χ1v) is 7.06. The van der Waals surface area contributed by atoms with Crippen molar-refractivity contribution < 1.29 is 9.00 Å². The van der Waals surface area contributed by atoms with Crippen molar-refractivity contribution in [2.24, 2.45) is 5.73 Å². The lowest BCUT2D eigenvalue weighted by Crippen LogP contribution is -2.32. The van der Waals surface area contributed by atoms with Crippen LogP contribution in [-0.4, -0.2) is 28.2 Å². The first-order valence-electron chi connectivity index (χ1n) is 5.44. The Hall–Kier alpha value is -1.20. The van der Waals surface area contributed by atoms with Gasteiger partial charge in [0.05, 0.1) is 0 Å². The second-order valence-electron chi connectivity index (χ2n) is 3.92. The van der Waals surface area contributed by atoms with Crippen LogP contribution in [0.3, 0.4) is 0 Å². The Bertz CT molecular complexity index is 421. The van der Waals surface area contributed by atoms with Crippen molar-refractivity contribution in [3.63, 3.8) is 0 Å². The molecule has 0 heterocycles. The van der Waals surface area contributed by atoms with Gasteiger partial charge in [0.25, 0.3) is 5.91 Å². The Morgan fingerprint density at radius 2 is 2.24 bits per heavy atom. The van der Waals surface area contributed by atoms with Gasteiger partial charge in [0, 0.05) is 41.0 Å². The summed E-state index contributed by atoms with van der Waals surface area (Å²) in [6.07, 6.45) is 1.63. The molecule has 4 nitrogen and oxygen atoms in total. The van der Waals surface area contributed by atoms with Gasteiger partial charge < -0.3 is 11.1 Å². The Kier molecular flexibility index (Phi) is 5.31. The van der Waals surface area contributed by atoms with Crippen molar-refractivity contribution in [1.29, 1.82) is 0 Å².